The Labute approximate surface area is 205 Å². The van der Waals surface area contributed by atoms with Crippen LogP contribution in [-0.2, 0) is 24.1 Å². The fraction of sp³-hybridized carbons (Fsp3) is 0.444. The van der Waals surface area contributed by atoms with Crippen LogP contribution in [0.25, 0.3) is 10.6 Å². The molecule has 0 amide bonds. The van der Waals surface area contributed by atoms with Crippen LogP contribution in [0.1, 0.15) is 61.0 Å². The van der Waals surface area contributed by atoms with Gasteiger partial charge in [-0.3, -0.25) is 9.78 Å². The minimum atomic E-state index is -0.725. The molecule has 3 aromatic rings. The molecule has 6 nitrogen and oxygen atoms in total. The van der Waals surface area contributed by atoms with Crippen LogP contribution in [0.3, 0.4) is 0 Å². The van der Waals surface area contributed by atoms with E-state index in [2.05, 4.69) is 45.8 Å². The normalized spacial score (nSPS) is 14.8. The number of hydrogen-bond donors (Lipinski definition) is 2. The first-order valence-corrected chi connectivity index (χ1v) is 13.1. The van der Waals surface area contributed by atoms with E-state index < -0.39 is 5.97 Å². The summed E-state index contributed by atoms with van der Waals surface area (Å²) in [5.41, 5.74) is 5.76. The Bertz CT molecular complexity index is 1080. The van der Waals surface area contributed by atoms with Crippen molar-refractivity contribution in [3.8, 4) is 16.3 Å². The molecule has 0 radical (unpaired) electrons. The third kappa shape index (κ3) is 6.64. The number of aryl methyl sites for hydroxylation is 3. The Morgan fingerprint density at radius 3 is 2.85 bits per heavy atom. The summed E-state index contributed by atoms with van der Waals surface area (Å²) in [5, 5.41) is 15.7. The summed E-state index contributed by atoms with van der Waals surface area (Å²) in [6, 6.07) is 10.3. The lowest BCUT2D eigenvalue weighted by atomic mass is 9.98. The van der Waals surface area contributed by atoms with Crippen LogP contribution >= 0.6 is 11.3 Å². The highest BCUT2D eigenvalue weighted by molar-refractivity contribution is 7.13. The molecule has 7 heteroatoms. The van der Waals surface area contributed by atoms with Gasteiger partial charge in [0.25, 0.3) is 0 Å². The lowest BCUT2D eigenvalue weighted by Crippen LogP contribution is -2.19. The van der Waals surface area contributed by atoms with Gasteiger partial charge in [-0.15, -0.1) is 11.3 Å². The lowest BCUT2D eigenvalue weighted by molar-refractivity contribution is -0.137. The molecule has 0 bridgehead atoms. The van der Waals surface area contributed by atoms with Crippen LogP contribution in [0.4, 0.5) is 0 Å². The van der Waals surface area contributed by atoms with Crippen molar-refractivity contribution in [2.75, 3.05) is 19.7 Å². The molecule has 0 fully saturated rings. The molecule has 0 saturated heterocycles. The van der Waals surface area contributed by atoms with E-state index in [4.69, 9.17) is 9.84 Å². The highest BCUT2D eigenvalue weighted by Crippen LogP contribution is 2.37. The van der Waals surface area contributed by atoms with Crippen molar-refractivity contribution < 1.29 is 14.6 Å². The van der Waals surface area contributed by atoms with E-state index in [1.54, 1.807) is 11.3 Å². The van der Waals surface area contributed by atoms with Crippen molar-refractivity contribution in [2.45, 2.75) is 57.8 Å². The van der Waals surface area contributed by atoms with Crippen LogP contribution in [-0.4, -0.2) is 40.7 Å². The standard InChI is InChI=1S/C27H33N3O3S/c1-2-22-18-34-27(30-22)21-8-9-23(29-17-21)5-3-12-28-13-4-14-33-24-10-11-25-19(15-24)6-7-20(25)16-26(31)32/h8-11,15,17-18,20,28H,2-7,12-14,16H2,1H3,(H,31,32)/t20-/m0/s1. The van der Waals surface area contributed by atoms with Gasteiger partial charge in [-0.05, 0) is 92.9 Å². The summed E-state index contributed by atoms with van der Waals surface area (Å²) < 4.78 is 5.91. The average Bonchev–Trinajstić information content (AvgIpc) is 3.48. The molecule has 1 aliphatic rings. The molecule has 1 atom stereocenters. The molecule has 4 rings (SSSR count). The van der Waals surface area contributed by atoms with Crippen molar-refractivity contribution in [3.05, 3.63) is 64.4 Å². The van der Waals surface area contributed by atoms with Gasteiger partial charge < -0.3 is 15.2 Å². The maximum absolute atomic E-state index is 11.0. The van der Waals surface area contributed by atoms with Gasteiger partial charge in [0, 0.05) is 22.8 Å². The van der Waals surface area contributed by atoms with Crippen LogP contribution in [0.2, 0.25) is 0 Å². The van der Waals surface area contributed by atoms with Gasteiger partial charge in [-0.1, -0.05) is 13.0 Å². The van der Waals surface area contributed by atoms with E-state index in [0.717, 1.165) is 79.3 Å². The number of carboxylic acids is 1. The number of thiazole rings is 1. The summed E-state index contributed by atoms with van der Waals surface area (Å²) in [5.74, 6) is 0.302. The topological polar surface area (TPSA) is 84.3 Å². The van der Waals surface area contributed by atoms with E-state index in [-0.39, 0.29) is 12.3 Å². The SMILES string of the molecule is CCc1csc(-c2ccc(CCCNCCCOc3ccc4c(c3)CC[C@H]4CC(=O)O)nc2)n1. The molecule has 1 aromatic carbocycles. The van der Waals surface area contributed by atoms with Crippen molar-refractivity contribution in [1.29, 1.82) is 0 Å². The van der Waals surface area contributed by atoms with Crippen molar-refractivity contribution >= 4 is 17.3 Å². The van der Waals surface area contributed by atoms with Gasteiger partial charge in [0.2, 0.25) is 0 Å². The second-order valence-electron chi connectivity index (χ2n) is 8.79. The largest absolute Gasteiger partial charge is 0.494 e. The second kappa shape index (κ2) is 12.1. The number of carbonyl (C=O) groups is 1. The summed E-state index contributed by atoms with van der Waals surface area (Å²) in [6.45, 7) is 4.67. The number of nitrogens with zero attached hydrogens (tertiary/aromatic N) is 2. The Hall–Kier alpha value is -2.77. The highest BCUT2D eigenvalue weighted by Gasteiger charge is 2.24. The zero-order valence-electron chi connectivity index (χ0n) is 19.8. The number of hydrogen-bond acceptors (Lipinski definition) is 6. The summed E-state index contributed by atoms with van der Waals surface area (Å²) in [7, 11) is 0. The van der Waals surface area contributed by atoms with Crippen LogP contribution in [0, 0.1) is 0 Å². The number of rotatable bonds is 13. The molecule has 0 unspecified atom stereocenters. The molecule has 0 aliphatic heterocycles. The minimum absolute atomic E-state index is 0.144. The number of carboxylic acid groups (broad SMARTS) is 1. The predicted octanol–water partition coefficient (Wildman–Crippen LogP) is 5.26. The van der Waals surface area contributed by atoms with Gasteiger partial charge in [-0.2, -0.15) is 0 Å². The Morgan fingerprint density at radius 1 is 1.21 bits per heavy atom. The zero-order chi connectivity index (χ0) is 23.8. The number of nitrogens with one attached hydrogen (secondary N) is 1. The monoisotopic (exact) mass is 479 g/mol. The zero-order valence-corrected chi connectivity index (χ0v) is 20.6. The number of aromatic nitrogens is 2. The van der Waals surface area contributed by atoms with Crippen LogP contribution in [0.15, 0.2) is 41.9 Å². The third-order valence-corrected chi connectivity index (χ3v) is 7.22. The lowest BCUT2D eigenvalue weighted by Gasteiger charge is -2.11. The number of benzene rings is 1. The third-order valence-electron chi connectivity index (χ3n) is 6.28. The average molecular weight is 480 g/mol. The first-order chi connectivity index (χ1) is 16.6. The highest BCUT2D eigenvalue weighted by atomic mass is 32.1. The second-order valence-corrected chi connectivity index (χ2v) is 9.64. The summed E-state index contributed by atoms with van der Waals surface area (Å²) in [4.78, 5) is 20.2. The molecule has 34 heavy (non-hydrogen) atoms. The van der Waals surface area contributed by atoms with E-state index in [0.29, 0.717) is 6.61 Å². The van der Waals surface area contributed by atoms with Gasteiger partial charge >= 0.3 is 5.97 Å². The fourth-order valence-electron chi connectivity index (χ4n) is 4.40. The van der Waals surface area contributed by atoms with Crippen LogP contribution in [0.5, 0.6) is 5.75 Å². The smallest absolute Gasteiger partial charge is 0.303 e. The molecule has 0 saturated carbocycles. The maximum atomic E-state index is 11.0. The van der Waals surface area contributed by atoms with E-state index in [1.807, 2.05) is 18.3 Å². The molecule has 2 aromatic heterocycles. The molecule has 0 spiro atoms. The van der Waals surface area contributed by atoms with Gasteiger partial charge in [-0.25, -0.2) is 4.98 Å². The number of ether oxygens (including phenoxy) is 1. The van der Waals surface area contributed by atoms with Gasteiger partial charge in [0.1, 0.15) is 10.8 Å². The number of fused-ring (bicyclic) bond motifs is 1. The van der Waals surface area contributed by atoms with Gasteiger partial charge in [0.15, 0.2) is 0 Å². The quantitative estimate of drug-likeness (QED) is 0.325. The Morgan fingerprint density at radius 2 is 2.09 bits per heavy atom. The fourth-order valence-corrected chi connectivity index (χ4v) is 5.30. The predicted molar refractivity (Wildman–Crippen MR) is 136 cm³/mol. The van der Waals surface area contributed by atoms with Crippen LogP contribution < -0.4 is 10.1 Å². The van der Waals surface area contributed by atoms with Crippen molar-refractivity contribution in [3.63, 3.8) is 0 Å². The number of aliphatic carboxylic acids is 1. The summed E-state index contributed by atoms with van der Waals surface area (Å²) >= 11 is 1.68. The molecular weight excluding hydrogens is 446 g/mol. The Balaban J connectivity index is 1.09. The molecule has 2 heterocycles. The van der Waals surface area contributed by atoms with E-state index in [9.17, 15) is 4.79 Å². The number of pyridine rings is 1. The first-order valence-electron chi connectivity index (χ1n) is 12.2. The van der Waals surface area contributed by atoms with Gasteiger partial charge in [0.05, 0.1) is 18.7 Å². The first kappa shape index (κ1) is 24.4. The van der Waals surface area contributed by atoms with Crippen molar-refractivity contribution in [1.82, 2.24) is 15.3 Å². The van der Waals surface area contributed by atoms with E-state index >= 15 is 0 Å². The molecule has 180 valence electrons. The van der Waals surface area contributed by atoms with Crippen molar-refractivity contribution in [2.24, 2.45) is 0 Å². The molecule has 1 aliphatic carbocycles. The maximum Gasteiger partial charge on any atom is 0.303 e. The molecule has 2 N–H and O–H groups in total. The minimum Gasteiger partial charge on any atom is -0.494 e. The molecular formula is C27H33N3O3S. The Kier molecular flexibility index (Phi) is 8.66. The summed E-state index contributed by atoms with van der Waals surface area (Å²) in [6.07, 6.45) is 7.92. The van der Waals surface area contributed by atoms with E-state index in [1.165, 1.54) is 11.1 Å².